The van der Waals surface area contributed by atoms with Gasteiger partial charge in [-0.2, -0.15) is 0 Å². The fourth-order valence-electron chi connectivity index (χ4n) is 1.95. The quantitative estimate of drug-likeness (QED) is 0.633. The van der Waals surface area contributed by atoms with Gasteiger partial charge in [-0.15, -0.1) is 0 Å². The van der Waals surface area contributed by atoms with Crippen molar-refractivity contribution in [3.8, 4) is 5.75 Å². The highest BCUT2D eigenvalue weighted by Gasteiger charge is 2.24. The average Bonchev–Trinajstić information content (AvgIpc) is 2.45. The lowest BCUT2D eigenvalue weighted by Crippen LogP contribution is -2.40. The normalized spacial score (nSPS) is 11.4. The molecule has 0 aliphatic carbocycles. The standard InChI is InChI=1S/C15H26N2O2/c1-4-9-19-14-10-12(7-8-13(14)16)17-15(5-2,6-3)11-18/h7-8,10,17-18H,4-6,9,11,16H2,1-3H3. The predicted octanol–water partition coefficient (Wildman–Crippen LogP) is 3.02. The van der Waals surface area contributed by atoms with Gasteiger partial charge in [-0.1, -0.05) is 20.8 Å². The summed E-state index contributed by atoms with van der Waals surface area (Å²) in [5.41, 5.74) is 7.18. The van der Waals surface area contributed by atoms with Gasteiger partial charge < -0.3 is 20.9 Å². The highest BCUT2D eigenvalue weighted by molar-refractivity contribution is 5.62. The summed E-state index contributed by atoms with van der Waals surface area (Å²) in [7, 11) is 0. The van der Waals surface area contributed by atoms with Crippen LogP contribution >= 0.6 is 0 Å². The van der Waals surface area contributed by atoms with E-state index in [1.807, 2.05) is 18.2 Å². The van der Waals surface area contributed by atoms with E-state index in [9.17, 15) is 5.11 Å². The van der Waals surface area contributed by atoms with E-state index < -0.39 is 0 Å². The van der Waals surface area contributed by atoms with Gasteiger partial charge in [0.1, 0.15) is 5.75 Å². The Balaban J connectivity index is 2.89. The summed E-state index contributed by atoms with van der Waals surface area (Å²) >= 11 is 0. The van der Waals surface area contributed by atoms with Gasteiger partial charge in [-0.3, -0.25) is 0 Å². The molecule has 4 heteroatoms. The first-order valence-corrected chi connectivity index (χ1v) is 7.02. The van der Waals surface area contributed by atoms with Crippen LogP contribution in [0.1, 0.15) is 40.0 Å². The lowest BCUT2D eigenvalue weighted by atomic mass is 9.93. The highest BCUT2D eigenvalue weighted by atomic mass is 16.5. The molecule has 1 aromatic carbocycles. The van der Waals surface area contributed by atoms with E-state index in [1.54, 1.807) is 0 Å². The van der Waals surface area contributed by atoms with Gasteiger partial charge in [-0.25, -0.2) is 0 Å². The van der Waals surface area contributed by atoms with E-state index in [0.717, 1.165) is 24.9 Å². The zero-order valence-electron chi connectivity index (χ0n) is 12.2. The van der Waals surface area contributed by atoms with Gasteiger partial charge >= 0.3 is 0 Å². The molecule has 0 radical (unpaired) electrons. The maximum Gasteiger partial charge on any atom is 0.144 e. The van der Waals surface area contributed by atoms with Crippen LogP contribution < -0.4 is 15.8 Å². The molecule has 108 valence electrons. The second-order valence-corrected chi connectivity index (χ2v) is 4.87. The predicted molar refractivity (Wildman–Crippen MR) is 80.7 cm³/mol. The zero-order chi connectivity index (χ0) is 14.3. The summed E-state index contributed by atoms with van der Waals surface area (Å²) < 4.78 is 5.61. The molecule has 1 aromatic rings. The van der Waals surface area contributed by atoms with E-state index >= 15 is 0 Å². The number of ether oxygens (including phenoxy) is 1. The van der Waals surface area contributed by atoms with Crippen molar-refractivity contribution in [1.29, 1.82) is 0 Å². The van der Waals surface area contributed by atoms with Crippen LogP contribution in [0.2, 0.25) is 0 Å². The maximum atomic E-state index is 9.58. The van der Waals surface area contributed by atoms with Gasteiger partial charge in [0.2, 0.25) is 0 Å². The molecule has 0 unspecified atom stereocenters. The van der Waals surface area contributed by atoms with Crippen LogP contribution in [0.25, 0.3) is 0 Å². The molecule has 0 heterocycles. The fourth-order valence-corrected chi connectivity index (χ4v) is 1.95. The summed E-state index contributed by atoms with van der Waals surface area (Å²) in [5, 5.41) is 13.0. The van der Waals surface area contributed by atoms with E-state index in [4.69, 9.17) is 10.5 Å². The Morgan fingerprint density at radius 1 is 1.26 bits per heavy atom. The zero-order valence-corrected chi connectivity index (χ0v) is 12.2. The molecule has 0 bridgehead atoms. The van der Waals surface area contributed by atoms with Crippen LogP contribution in [0.5, 0.6) is 5.75 Å². The molecule has 0 aliphatic heterocycles. The molecule has 4 N–H and O–H groups in total. The molecule has 4 nitrogen and oxygen atoms in total. The third-order valence-electron chi connectivity index (χ3n) is 3.54. The molecular weight excluding hydrogens is 240 g/mol. The summed E-state index contributed by atoms with van der Waals surface area (Å²) in [5.74, 6) is 0.700. The molecule has 19 heavy (non-hydrogen) atoms. The van der Waals surface area contributed by atoms with E-state index in [1.165, 1.54) is 0 Å². The number of hydrogen-bond donors (Lipinski definition) is 3. The first kappa shape index (κ1) is 15.6. The molecular formula is C15H26N2O2. The molecule has 0 saturated heterocycles. The minimum atomic E-state index is -0.280. The Morgan fingerprint density at radius 3 is 2.47 bits per heavy atom. The van der Waals surface area contributed by atoms with E-state index in [2.05, 4.69) is 26.1 Å². The van der Waals surface area contributed by atoms with Crippen molar-refractivity contribution in [1.82, 2.24) is 0 Å². The van der Waals surface area contributed by atoms with Crippen molar-refractivity contribution in [2.45, 2.75) is 45.6 Å². The van der Waals surface area contributed by atoms with Crippen molar-refractivity contribution < 1.29 is 9.84 Å². The Bertz CT molecular complexity index is 381. The molecule has 0 amide bonds. The summed E-state index contributed by atoms with van der Waals surface area (Å²) in [6.45, 7) is 6.95. The second kappa shape index (κ2) is 7.24. The first-order chi connectivity index (χ1) is 9.10. The Labute approximate surface area is 116 Å². The molecule has 1 rings (SSSR count). The number of nitrogens with two attached hydrogens (primary N) is 1. The highest BCUT2D eigenvalue weighted by Crippen LogP contribution is 2.29. The number of aliphatic hydroxyl groups excluding tert-OH is 1. The number of anilines is 2. The van der Waals surface area contributed by atoms with Gasteiger partial charge in [0.15, 0.2) is 0 Å². The Morgan fingerprint density at radius 2 is 1.95 bits per heavy atom. The Hall–Kier alpha value is -1.42. The maximum absolute atomic E-state index is 9.58. The molecule has 0 aromatic heterocycles. The molecule has 0 aliphatic rings. The van der Waals surface area contributed by atoms with Crippen LogP contribution in [-0.2, 0) is 0 Å². The van der Waals surface area contributed by atoms with Crippen molar-refractivity contribution in [3.63, 3.8) is 0 Å². The van der Waals surface area contributed by atoms with Crippen molar-refractivity contribution >= 4 is 11.4 Å². The molecule has 0 fully saturated rings. The lowest BCUT2D eigenvalue weighted by molar-refractivity contribution is 0.202. The fraction of sp³-hybridized carbons (Fsp3) is 0.600. The topological polar surface area (TPSA) is 67.5 Å². The SMILES string of the molecule is CCCOc1cc(NC(CC)(CC)CO)ccc1N. The van der Waals surface area contributed by atoms with Crippen LogP contribution in [-0.4, -0.2) is 23.9 Å². The van der Waals surface area contributed by atoms with Crippen molar-refractivity contribution in [3.05, 3.63) is 18.2 Å². The van der Waals surface area contributed by atoms with Crippen LogP contribution in [0.15, 0.2) is 18.2 Å². The van der Waals surface area contributed by atoms with Crippen LogP contribution in [0.4, 0.5) is 11.4 Å². The molecule has 0 spiro atoms. The lowest BCUT2D eigenvalue weighted by Gasteiger charge is -2.32. The molecule has 0 saturated carbocycles. The van der Waals surface area contributed by atoms with Crippen molar-refractivity contribution in [2.75, 3.05) is 24.3 Å². The third kappa shape index (κ3) is 4.03. The number of hydrogen-bond acceptors (Lipinski definition) is 4. The number of rotatable bonds is 8. The minimum absolute atomic E-state index is 0.107. The first-order valence-electron chi connectivity index (χ1n) is 7.02. The number of nitrogens with one attached hydrogen (secondary N) is 1. The minimum Gasteiger partial charge on any atom is -0.491 e. The second-order valence-electron chi connectivity index (χ2n) is 4.87. The van der Waals surface area contributed by atoms with Gasteiger partial charge in [0.25, 0.3) is 0 Å². The largest absolute Gasteiger partial charge is 0.491 e. The monoisotopic (exact) mass is 266 g/mol. The number of benzene rings is 1. The summed E-state index contributed by atoms with van der Waals surface area (Å²) in [4.78, 5) is 0. The van der Waals surface area contributed by atoms with Crippen LogP contribution in [0.3, 0.4) is 0 Å². The van der Waals surface area contributed by atoms with Gasteiger partial charge in [0, 0.05) is 11.8 Å². The summed E-state index contributed by atoms with van der Waals surface area (Å²) in [6.07, 6.45) is 2.66. The van der Waals surface area contributed by atoms with E-state index in [0.29, 0.717) is 18.0 Å². The smallest absolute Gasteiger partial charge is 0.144 e. The van der Waals surface area contributed by atoms with E-state index in [-0.39, 0.29) is 12.1 Å². The van der Waals surface area contributed by atoms with Crippen molar-refractivity contribution in [2.24, 2.45) is 0 Å². The average molecular weight is 266 g/mol. The van der Waals surface area contributed by atoms with Gasteiger partial charge in [0.05, 0.1) is 24.4 Å². The summed E-state index contributed by atoms with van der Waals surface area (Å²) in [6, 6.07) is 5.66. The van der Waals surface area contributed by atoms with Gasteiger partial charge in [-0.05, 0) is 31.4 Å². The third-order valence-corrected chi connectivity index (χ3v) is 3.54. The number of nitrogen functional groups attached to an aromatic ring is 1. The van der Waals surface area contributed by atoms with Crippen LogP contribution in [0, 0.1) is 0 Å². The Kier molecular flexibility index (Phi) is 5.96. The molecule has 0 atom stereocenters. The number of aliphatic hydroxyl groups is 1.